The molecule has 6 heteroatoms. The van der Waals surface area contributed by atoms with Gasteiger partial charge in [0.2, 0.25) is 0 Å². The molecule has 0 aromatic heterocycles. The second-order valence-corrected chi connectivity index (χ2v) is 5.21. The quantitative estimate of drug-likeness (QED) is 0.764. The summed E-state index contributed by atoms with van der Waals surface area (Å²) < 4.78 is 35.2. The van der Waals surface area contributed by atoms with Gasteiger partial charge in [-0.2, -0.15) is 8.42 Å². The third kappa shape index (κ3) is 4.97. The molecule has 0 saturated heterocycles. The minimum atomic E-state index is -4.14. The Morgan fingerprint density at radius 2 is 1.94 bits per heavy atom. The SMILES string of the molecule is COCC(O)CC=Cc1ccc(S(=O)(=O)O)cc1. The average molecular weight is 272 g/mol. The Balaban J connectivity index is 2.62. The van der Waals surface area contributed by atoms with Crippen molar-refractivity contribution in [1.82, 2.24) is 0 Å². The van der Waals surface area contributed by atoms with Crippen molar-refractivity contribution >= 4 is 16.2 Å². The lowest BCUT2D eigenvalue weighted by atomic mass is 10.2. The lowest BCUT2D eigenvalue weighted by Gasteiger charge is -2.04. The minimum Gasteiger partial charge on any atom is -0.390 e. The van der Waals surface area contributed by atoms with E-state index >= 15 is 0 Å². The predicted molar refractivity (Wildman–Crippen MR) is 67.8 cm³/mol. The average Bonchev–Trinajstić information content (AvgIpc) is 2.29. The van der Waals surface area contributed by atoms with E-state index in [0.29, 0.717) is 6.42 Å². The predicted octanol–water partition coefficient (Wildman–Crippen LogP) is 1.34. The van der Waals surface area contributed by atoms with E-state index in [-0.39, 0.29) is 11.5 Å². The smallest absolute Gasteiger partial charge is 0.294 e. The minimum absolute atomic E-state index is 0.140. The van der Waals surface area contributed by atoms with Gasteiger partial charge in [0.15, 0.2) is 0 Å². The summed E-state index contributed by atoms with van der Waals surface area (Å²) in [6.45, 7) is 0.270. The Morgan fingerprint density at radius 1 is 1.33 bits per heavy atom. The van der Waals surface area contributed by atoms with Crippen LogP contribution in [-0.2, 0) is 14.9 Å². The molecular weight excluding hydrogens is 256 g/mol. The molecule has 0 bridgehead atoms. The number of benzene rings is 1. The highest BCUT2D eigenvalue weighted by Crippen LogP contribution is 2.11. The van der Waals surface area contributed by atoms with Crippen molar-refractivity contribution < 1.29 is 22.8 Å². The summed E-state index contributed by atoms with van der Waals surface area (Å²) >= 11 is 0. The highest BCUT2D eigenvalue weighted by molar-refractivity contribution is 7.85. The molecule has 0 heterocycles. The van der Waals surface area contributed by atoms with Crippen LogP contribution in [0.4, 0.5) is 0 Å². The van der Waals surface area contributed by atoms with Gasteiger partial charge in [-0.05, 0) is 24.1 Å². The molecule has 1 unspecified atom stereocenters. The first-order chi connectivity index (χ1) is 8.43. The van der Waals surface area contributed by atoms with Gasteiger partial charge in [0, 0.05) is 7.11 Å². The molecule has 0 radical (unpaired) electrons. The first-order valence-electron chi connectivity index (χ1n) is 5.34. The zero-order valence-electron chi connectivity index (χ0n) is 9.98. The molecule has 5 nitrogen and oxygen atoms in total. The zero-order chi connectivity index (χ0) is 13.6. The molecule has 0 fully saturated rings. The van der Waals surface area contributed by atoms with Crippen LogP contribution in [0.25, 0.3) is 6.08 Å². The van der Waals surface area contributed by atoms with Gasteiger partial charge in [0.1, 0.15) is 0 Å². The molecule has 1 aromatic carbocycles. The van der Waals surface area contributed by atoms with Gasteiger partial charge in [-0.25, -0.2) is 0 Å². The molecule has 1 rings (SSSR count). The first kappa shape index (κ1) is 14.8. The summed E-state index contributed by atoms with van der Waals surface area (Å²) in [5.41, 5.74) is 0.784. The molecule has 0 aliphatic rings. The van der Waals surface area contributed by atoms with Gasteiger partial charge in [0.25, 0.3) is 10.1 Å². The van der Waals surface area contributed by atoms with Crippen LogP contribution < -0.4 is 0 Å². The van der Waals surface area contributed by atoms with E-state index in [2.05, 4.69) is 0 Å². The molecule has 1 aromatic rings. The van der Waals surface area contributed by atoms with Crippen LogP contribution in [0.3, 0.4) is 0 Å². The molecule has 0 aliphatic heterocycles. The normalized spacial score (nSPS) is 13.9. The van der Waals surface area contributed by atoms with E-state index in [9.17, 15) is 13.5 Å². The van der Waals surface area contributed by atoms with Gasteiger partial charge < -0.3 is 9.84 Å². The number of ether oxygens (including phenoxy) is 1. The first-order valence-corrected chi connectivity index (χ1v) is 6.78. The summed E-state index contributed by atoms with van der Waals surface area (Å²) in [4.78, 5) is -0.140. The largest absolute Gasteiger partial charge is 0.390 e. The maximum absolute atomic E-state index is 10.8. The van der Waals surface area contributed by atoms with Crippen molar-refractivity contribution in [3.63, 3.8) is 0 Å². The maximum Gasteiger partial charge on any atom is 0.294 e. The fourth-order valence-electron chi connectivity index (χ4n) is 1.37. The van der Waals surface area contributed by atoms with E-state index in [4.69, 9.17) is 9.29 Å². The Hall–Kier alpha value is -1.21. The van der Waals surface area contributed by atoms with Crippen molar-refractivity contribution in [2.45, 2.75) is 17.4 Å². The van der Waals surface area contributed by atoms with Crippen molar-refractivity contribution in [1.29, 1.82) is 0 Å². The molecule has 100 valence electrons. The zero-order valence-corrected chi connectivity index (χ0v) is 10.8. The van der Waals surface area contributed by atoms with Gasteiger partial charge in [-0.1, -0.05) is 24.3 Å². The van der Waals surface area contributed by atoms with Gasteiger partial charge >= 0.3 is 0 Å². The molecule has 0 spiro atoms. The lowest BCUT2D eigenvalue weighted by Crippen LogP contribution is -2.12. The lowest BCUT2D eigenvalue weighted by molar-refractivity contribution is 0.0668. The van der Waals surface area contributed by atoms with E-state index in [1.54, 1.807) is 24.3 Å². The number of hydrogen-bond donors (Lipinski definition) is 2. The topological polar surface area (TPSA) is 83.8 Å². The summed E-state index contributed by atoms with van der Waals surface area (Å²) in [5.74, 6) is 0. The third-order valence-corrected chi connectivity index (χ3v) is 3.12. The Kier molecular flexibility index (Phi) is 5.49. The van der Waals surface area contributed by atoms with Crippen LogP contribution in [-0.4, -0.2) is 37.9 Å². The summed E-state index contributed by atoms with van der Waals surface area (Å²) in [7, 11) is -2.63. The molecule has 2 N–H and O–H groups in total. The molecule has 18 heavy (non-hydrogen) atoms. The molecule has 0 aliphatic carbocycles. The van der Waals surface area contributed by atoms with Crippen molar-refractivity contribution in [3.05, 3.63) is 35.9 Å². The second kappa shape index (κ2) is 6.65. The number of aliphatic hydroxyl groups is 1. The van der Waals surface area contributed by atoms with Crippen molar-refractivity contribution in [2.75, 3.05) is 13.7 Å². The highest BCUT2D eigenvalue weighted by atomic mass is 32.2. The van der Waals surface area contributed by atoms with Crippen LogP contribution in [0.1, 0.15) is 12.0 Å². The van der Waals surface area contributed by atoms with E-state index in [0.717, 1.165) is 5.56 Å². The van der Waals surface area contributed by atoms with Gasteiger partial charge in [0.05, 0.1) is 17.6 Å². The summed E-state index contributed by atoms with van der Waals surface area (Å²) in [6, 6.07) is 5.78. The van der Waals surface area contributed by atoms with Gasteiger partial charge in [-0.15, -0.1) is 0 Å². The van der Waals surface area contributed by atoms with E-state index in [1.807, 2.05) is 0 Å². The number of methoxy groups -OCH3 is 1. The molecular formula is C12H16O5S. The molecule has 0 saturated carbocycles. The number of rotatable bonds is 6. The fraction of sp³-hybridized carbons (Fsp3) is 0.333. The summed E-state index contributed by atoms with van der Waals surface area (Å²) in [6.07, 6.45) is 3.43. The Bertz CT molecular complexity index is 490. The number of aliphatic hydroxyl groups excluding tert-OH is 1. The summed E-state index contributed by atoms with van der Waals surface area (Å²) in [5, 5.41) is 9.39. The maximum atomic E-state index is 10.8. The Labute approximate surface area is 106 Å². The monoisotopic (exact) mass is 272 g/mol. The van der Waals surface area contributed by atoms with E-state index in [1.165, 1.54) is 19.2 Å². The number of hydrogen-bond acceptors (Lipinski definition) is 4. The third-order valence-electron chi connectivity index (χ3n) is 2.26. The van der Waals surface area contributed by atoms with E-state index < -0.39 is 16.2 Å². The van der Waals surface area contributed by atoms with Crippen LogP contribution >= 0.6 is 0 Å². The van der Waals surface area contributed by atoms with Crippen LogP contribution in [0.2, 0.25) is 0 Å². The standard InChI is InChI=1S/C12H16O5S/c1-17-9-11(13)4-2-3-10-5-7-12(8-6-10)18(14,15)16/h2-3,5-8,11,13H,4,9H2,1H3,(H,14,15,16). The Morgan fingerprint density at radius 3 is 2.44 bits per heavy atom. The molecule has 1 atom stereocenters. The van der Waals surface area contributed by atoms with Crippen LogP contribution in [0, 0.1) is 0 Å². The van der Waals surface area contributed by atoms with Crippen molar-refractivity contribution in [2.24, 2.45) is 0 Å². The second-order valence-electron chi connectivity index (χ2n) is 3.79. The van der Waals surface area contributed by atoms with Crippen LogP contribution in [0.15, 0.2) is 35.2 Å². The molecule has 0 amide bonds. The fourth-order valence-corrected chi connectivity index (χ4v) is 1.85. The van der Waals surface area contributed by atoms with Gasteiger partial charge in [-0.3, -0.25) is 4.55 Å². The van der Waals surface area contributed by atoms with Crippen molar-refractivity contribution in [3.8, 4) is 0 Å². The highest BCUT2D eigenvalue weighted by Gasteiger charge is 2.07. The van der Waals surface area contributed by atoms with Crippen LogP contribution in [0.5, 0.6) is 0 Å².